The second kappa shape index (κ2) is 9.49. The highest BCUT2D eigenvalue weighted by molar-refractivity contribution is 7.66. The molecule has 1 aromatic rings. The van der Waals surface area contributed by atoms with Gasteiger partial charge in [-0.25, -0.2) is 18.5 Å². The first-order valence-electron chi connectivity index (χ1n) is 8.50. The molecular weight excluding hydrogens is 535 g/mol. The molecule has 1 saturated heterocycles. The van der Waals surface area contributed by atoms with Crippen molar-refractivity contribution in [3.8, 4) is 12.3 Å². The number of anilines is 1. The van der Waals surface area contributed by atoms with Gasteiger partial charge in [0.25, 0.3) is 0 Å². The molecule has 0 radical (unpaired) electrons. The Labute approximate surface area is 190 Å². The van der Waals surface area contributed by atoms with E-state index in [1.807, 2.05) is 0 Å². The average Bonchev–Trinajstić information content (AvgIpc) is 2.83. The first kappa shape index (κ1) is 28.1. The lowest BCUT2D eigenvalue weighted by Gasteiger charge is -2.27. The van der Waals surface area contributed by atoms with Crippen LogP contribution < -0.4 is 11.4 Å². The number of hydrogen-bond donors (Lipinski definition) is 6. The van der Waals surface area contributed by atoms with Crippen LogP contribution in [0.25, 0.3) is 0 Å². The number of ether oxygens (including phenoxy) is 1. The maximum absolute atomic E-state index is 12.3. The molecule has 20 heteroatoms. The maximum atomic E-state index is 12.3. The van der Waals surface area contributed by atoms with E-state index in [-0.39, 0.29) is 11.5 Å². The van der Waals surface area contributed by atoms with E-state index in [9.17, 15) is 33.4 Å². The average molecular weight is 554 g/mol. The zero-order valence-corrected chi connectivity index (χ0v) is 20.1. The number of hydrogen-bond acceptors (Lipinski definition) is 11. The monoisotopic (exact) mass is 553 g/mol. The molecule has 33 heavy (non-hydrogen) atoms. The highest BCUT2D eigenvalue weighted by Crippen LogP contribution is 2.66. The topological polar surface area (TPSA) is 250 Å². The van der Waals surface area contributed by atoms with Crippen LogP contribution in [0.5, 0.6) is 0 Å². The number of aliphatic hydroxyl groups is 1. The van der Waals surface area contributed by atoms with Crippen LogP contribution in [0.2, 0.25) is 0 Å². The number of halogens is 1. The van der Waals surface area contributed by atoms with Gasteiger partial charge in [-0.3, -0.25) is 9.09 Å². The molecule has 186 valence electrons. The van der Waals surface area contributed by atoms with Crippen molar-refractivity contribution in [3.63, 3.8) is 0 Å². The van der Waals surface area contributed by atoms with Crippen LogP contribution in [-0.4, -0.2) is 57.4 Å². The van der Waals surface area contributed by atoms with Crippen molar-refractivity contribution in [2.75, 3.05) is 5.73 Å². The minimum atomic E-state index is -5.78. The van der Waals surface area contributed by atoms with Crippen molar-refractivity contribution >= 4 is 40.9 Å². The van der Waals surface area contributed by atoms with Crippen LogP contribution in [0.3, 0.4) is 0 Å². The van der Waals surface area contributed by atoms with Crippen LogP contribution in [0, 0.1) is 19.3 Å². The fraction of sp³-hybridized carbons (Fsp3) is 0.538. The van der Waals surface area contributed by atoms with Crippen molar-refractivity contribution < 1.29 is 56.3 Å². The zero-order valence-electron chi connectivity index (χ0n) is 16.7. The standard InChI is InChI=1S/C13H19ClN3O13P3/c1-4-13(14)10(18)9(27-11(13)17-6(2)5-8(15)16-12(17)19)7(3)28-32(23,24)30-33(25,26)29-31(20,21)22/h1,5,7,9-11,18H,2-3H3,(H,23,24)(H,25,26)(H2,15,16,19)(H2,20,21,22)/t7-,9+,10?,11+,13+/m0/s1. The van der Waals surface area contributed by atoms with Crippen molar-refractivity contribution in [3.05, 3.63) is 22.2 Å². The minimum Gasteiger partial charge on any atom is -0.387 e. The molecule has 0 bridgehead atoms. The molecule has 0 amide bonds. The number of aromatic nitrogens is 2. The van der Waals surface area contributed by atoms with Crippen LogP contribution in [0.1, 0.15) is 18.8 Å². The predicted octanol–water partition coefficient (Wildman–Crippen LogP) is -0.265. The number of aliphatic hydroxyl groups excluding tert-OH is 1. The van der Waals surface area contributed by atoms with Gasteiger partial charge in [0, 0.05) is 5.69 Å². The van der Waals surface area contributed by atoms with E-state index >= 15 is 0 Å². The van der Waals surface area contributed by atoms with E-state index in [1.54, 1.807) is 0 Å². The highest BCUT2D eigenvalue weighted by Gasteiger charge is 2.58. The van der Waals surface area contributed by atoms with Gasteiger partial charge in [-0.05, 0) is 19.9 Å². The Balaban J connectivity index is 2.32. The second-order valence-electron chi connectivity index (χ2n) is 6.69. The van der Waals surface area contributed by atoms with Crippen LogP contribution >= 0.6 is 35.1 Å². The molecule has 0 aromatic carbocycles. The molecule has 7 N–H and O–H groups in total. The molecule has 0 spiro atoms. The number of aryl methyl sites for hydroxylation is 1. The Morgan fingerprint density at radius 2 is 1.88 bits per heavy atom. The Morgan fingerprint density at radius 1 is 1.30 bits per heavy atom. The lowest BCUT2D eigenvalue weighted by atomic mass is 9.97. The van der Waals surface area contributed by atoms with E-state index < -0.39 is 58.6 Å². The molecule has 1 aliphatic rings. The van der Waals surface area contributed by atoms with Gasteiger partial charge in [0.2, 0.25) is 0 Å². The summed E-state index contributed by atoms with van der Waals surface area (Å²) in [6.45, 7) is 2.48. The predicted molar refractivity (Wildman–Crippen MR) is 109 cm³/mol. The van der Waals surface area contributed by atoms with E-state index in [1.165, 1.54) is 13.0 Å². The Bertz CT molecular complexity index is 1160. The number of phosphoric acid groups is 3. The molecule has 3 unspecified atom stereocenters. The lowest BCUT2D eigenvalue weighted by Crippen LogP contribution is -2.45. The van der Waals surface area contributed by atoms with Crippen molar-refractivity contribution in [1.29, 1.82) is 0 Å². The number of nitrogen functional groups attached to an aromatic ring is 1. The van der Waals surface area contributed by atoms with Gasteiger partial charge in [-0.2, -0.15) is 13.6 Å². The molecule has 1 fully saturated rings. The first-order chi connectivity index (χ1) is 14.8. The number of nitrogens with zero attached hydrogens (tertiary/aromatic N) is 2. The molecule has 16 nitrogen and oxygen atoms in total. The molecule has 1 aromatic heterocycles. The molecule has 7 atom stereocenters. The second-order valence-corrected chi connectivity index (χ2v) is 11.7. The van der Waals surface area contributed by atoms with Crippen molar-refractivity contribution in [2.45, 2.75) is 43.3 Å². The number of rotatable bonds is 8. The minimum absolute atomic E-state index is 0.120. The zero-order chi connectivity index (χ0) is 25.6. The smallest absolute Gasteiger partial charge is 0.387 e. The Hall–Kier alpha value is -1.14. The summed E-state index contributed by atoms with van der Waals surface area (Å²) in [4.78, 5) is 49.8. The van der Waals surface area contributed by atoms with Gasteiger partial charge in [-0.15, -0.1) is 6.42 Å². The third-order valence-electron chi connectivity index (χ3n) is 4.19. The molecule has 1 aliphatic heterocycles. The third kappa shape index (κ3) is 6.50. The van der Waals surface area contributed by atoms with Gasteiger partial charge in [0.05, 0.1) is 6.10 Å². The lowest BCUT2D eigenvalue weighted by molar-refractivity contribution is -0.0754. The van der Waals surface area contributed by atoms with Gasteiger partial charge < -0.3 is 35.2 Å². The third-order valence-corrected chi connectivity index (χ3v) is 8.63. The number of terminal acetylenes is 1. The van der Waals surface area contributed by atoms with E-state index in [0.29, 0.717) is 0 Å². The number of alkyl halides is 1. The summed E-state index contributed by atoms with van der Waals surface area (Å²) in [6.07, 6.45) is -1.28. The van der Waals surface area contributed by atoms with Crippen LogP contribution in [0.15, 0.2) is 10.9 Å². The van der Waals surface area contributed by atoms with Gasteiger partial charge in [0.1, 0.15) is 18.0 Å². The summed E-state index contributed by atoms with van der Waals surface area (Å²) in [5.41, 5.74) is 4.75. The van der Waals surface area contributed by atoms with E-state index in [2.05, 4.69) is 24.0 Å². The van der Waals surface area contributed by atoms with Crippen molar-refractivity contribution in [2.24, 2.45) is 0 Å². The molecule has 2 heterocycles. The van der Waals surface area contributed by atoms with Crippen LogP contribution in [-0.2, 0) is 31.6 Å². The summed E-state index contributed by atoms with van der Waals surface area (Å²) >= 11 is 6.34. The highest BCUT2D eigenvalue weighted by atomic mass is 35.5. The Morgan fingerprint density at radius 3 is 2.36 bits per heavy atom. The van der Waals surface area contributed by atoms with Crippen molar-refractivity contribution in [1.82, 2.24) is 9.55 Å². The Kier molecular flexibility index (Phi) is 8.08. The number of phosphoric ester groups is 1. The summed E-state index contributed by atoms with van der Waals surface area (Å²) in [5, 5.41) is 10.6. The summed E-state index contributed by atoms with van der Waals surface area (Å²) in [7, 11) is -16.9. The normalized spacial score (nSPS) is 30.2. The molecule has 2 rings (SSSR count). The summed E-state index contributed by atoms with van der Waals surface area (Å²) in [6, 6.07) is 1.29. The van der Waals surface area contributed by atoms with Gasteiger partial charge >= 0.3 is 29.2 Å². The van der Waals surface area contributed by atoms with E-state index in [0.717, 1.165) is 11.5 Å². The molecule has 0 saturated carbocycles. The summed E-state index contributed by atoms with van der Waals surface area (Å²) < 4.78 is 52.5. The first-order valence-corrected chi connectivity index (χ1v) is 13.4. The quantitative estimate of drug-likeness (QED) is 0.138. The van der Waals surface area contributed by atoms with Gasteiger partial charge in [-0.1, -0.05) is 17.5 Å². The fourth-order valence-electron chi connectivity index (χ4n) is 2.97. The number of nitrogens with two attached hydrogens (primary N) is 1. The summed E-state index contributed by atoms with van der Waals surface area (Å²) in [5.74, 6) is 1.96. The molecule has 0 aliphatic carbocycles. The SMILES string of the molecule is C#C[C@@]1(Cl)C(O)[C@@H]([C@H](C)OP(=O)(O)OP(=O)(O)OP(=O)(O)O)O[C@H]1n1c(C)cc(N)nc1=O. The molecular formula is C13H19ClN3O13P3. The van der Waals surface area contributed by atoms with Gasteiger partial charge in [0.15, 0.2) is 11.1 Å². The fourth-order valence-corrected chi connectivity index (χ4v) is 6.44. The maximum Gasteiger partial charge on any atom is 0.490 e. The largest absolute Gasteiger partial charge is 0.490 e. The van der Waals surface area contributed by atoms with Crippen LogP contribution in [0.4, 0.5) is 5.82 Å². The van der Waals surface area contributed by atoms with E-state index in [4.69, 9.17) is 38.3 Å².